The standard InChI is InChI=1S/C20H14N2O9S2/c21-13-7-5-11-15(9-3-1-2-4-10(9)20(23)24)12-6-8-14(22)19(33-31-29-26)17(12)27-16(11)18(13)32-30-28-25/h1-8,21,25-26H,22H2,(H,23,24). The van der Waals surface area contributed by atoms with Crippen LogP contribution in [0.25, 0.3) is 33.4 Å². The van der Waals surface area contributed by atoms with Gasteiger partial charge in [0.1, 0.15) is 9.79 Å². The van der Waals surface area contributed by atoms with Crippen molar-refractivity contribution in [3.63, 3.8) is 0 Å². The highest BCUT2D eigenvalue weighted by Crippen LogP contribution is 2.47. The summed E-state index contributed by atoms with van der Waals surface area (Å²) in [6.45, 7) is 0. The Kier molecular flexibility index (Phi) is 6.83. The summed E-state index contributed by atoms with van der Waals surface area (Å²) >= 11 is 1.09. The summed E-state index contributed by atoms with van der Waals surface area (Å²) < 4.78 is 15.2. The van der Waals surface area contributed by atoms with Gasteiger partial charge in [-0.05, 0) is 35.9 Å². The molecule has 1 aliphatic carbocycles. The smallest absolute Gasteiger partial charge is 0.336 e. The molecule has 13 heteroatoms. The number of nitrogens with one attached hydrogen (secondary N) is 1. The van der Waals surface area contributed by atoms with Gasteiger partial charge in [-0.1, -0.05) is 28.3 Å². The predicted octanol–water partition coefficient (Wildman–Crippen LogP) is 4.82. The molecule has 0 spiro atoms. The number of nitrogens with two attached hydrogens (primary N) is 1. The molecule has 0 saturated heterocycles. The fourth-order valence-electron chi connectivity index (χ4n) is 3.43. The average molecular weight is 490 g/mol. The molecule has 1 aliphatic heterocycles. The molecule has 0 atom stereocenters. The van der Waals surface area contributed by atoms with E-state index in [1.54, 1.807) is 36.4 Å². The van der Waals surface area contributed by atoms with Crippen molar-refractivity contribution in [1.29, 1.82) is 5.41 Å². The second kappa shape index (κ2) is 9.78. The number of benzene rings is 3. The number of hydrogen-bond acceptors (Lipinski definition) is 12. The quantitative estimate of drug-likeness (QED) is 0.0748. The van der Waals surface area contributed by atoms with Crippen LogP contribution in [0.5, 0.6) is 0 Å². The normalized spacial score (nSPS) is 11.3. The Bertz CT molecular complexity index is 1380. The van der Waals surface area contributed by atoms with Crippen LogP contribution in [0.1, 0.15) is 10.4 Å². The first kappa shape index (κ1) is 23.0. The van der Waals surface area contributed by atoms with Gasteiger partial charge in [-0.15, -0.1) is 8.67 Å². The lowest BCUT2D eigenvalue weighted by atomic mass is 9.90. The molecule has 33 heavy (non-hydrogen) atoms. The highest BCUT2D eigenvalue weighted by atomic mass is 32.2. The third-order valence-corrected chi connectivity index (χ3v) is 6.14. The number of carboxylic acids is 1. The van der Waals surface area contributed by atoms with Crippen LogP contribution in [0.15, 0.2) is 62.7 Å². The van der Waals surface area contributed by atoms with Gasteiger partial charge in [0.25, 0.3) is 0 Å². The maximum atomic E-state index is 12.0. The molecule has 2 aromatic rings. The number of hydrogen-bond donors (Lipinski definition) is 5. The molecule has 1 heterocycles. The zero-order valence-electron chi connectivity index (χ0n) is 16.3. The summed E-state index contributed by atoms with van der Waals surface area (Å²) in [4.78, 5) is 12.3. The fraction of sp³-hybridized carbons (Fsp3) is 0. The summed E-state index contributed by atoms with van der Waals surface area (Å²) in [5.74, 6) is -1.01. The number of fused-ring (bicyclic) bond motifs is 2. The van der Waals surface area contributed by atoms with E-state index in [4.69, 9.17) is 26.1 Å². The van der Waals surface area contributed by atoms with Gasteiger partial charge in [0.05, 0.1) is 40.7 Å². The minimum Gasteiger partial charge on any atom is -0.478 e. The van der Waals surface area contributed by atoms with Gasteiger partial charge in [-0.3, -0.25) is 5.41 Å². The molecule has 4 rings (SSSR count). The highest BCUT2D eigenvalue weighted by Gasteiger charge is 2.26. The van der Waals surface area contributed by atoms with Gasteiger partial charge in [0.2, 0.25) is 0 Å². The Hall–Kier alpha value is -3.14. The summed E-state index contributed by atoms with van der Waals surface area (Å²) in [5, 5.41) is 43.0. The molecule has 11 nitrogen and oxygen atoms in total. The number of nitrogen functional groups attached to an aromatic ring is 1. The molecule has 0 aromatic heterocycles. The van der Waals surface area contributed by atoms with Crippen molar-refractivity contribution < 1.29 is 43.6 Å². The summed E-state index contributed by atoms with van der Waals surface area (Å²) in [6.07, 6.45) is 0. The Morgan fingerprint density at radius 1 is 0.939 bits per heavy atom. The van der Waals surface area contributed by atoms with E-state index >= 15 is 0 Å². The van der Waals surface area contributed by atoms with Crippen molar-refractivity contribution in [2.24, 2.45) is 0 Å². The van der Waals surface area contributed by atoms with Crippen molar-refractivity contribution in [1.82, 2.24) is 0 Å². The number of aromatic carboxylic acids is 1. The molecule has 0 saturated carbocycles. The first-order chi connectivity index (χ1) is 16.0. The second-order valence-electron chi connectivity index (χ2n) is 6.46. The van der Waals surface area contributed by atoms with Gasteiger partial charge >= 0.3 is 5.97 Å². The van der Waals surface area contributed by atoms with Gasteiger partial charge in [0, 0.05) is 16.5 Å². The third kappa shape index (κ3) is 4.27. The van der Waals surface area contributed by atoms with E-state index < -0.39 is 5.97 Å². The van der Waals surface area contributed by atoms with Gasteiger partial charge in [0.15, 0.2) is 11.3 Å². The van der Waals surface area contributed by atoms with Crippen LogP contribution < -0.4 is 11.1 Å². The van der Waals surface area contributed by atoms with E-state index in [-0.39, 0.29) is 37.7 Å². The maximum absolute atomic E-state index is 12.0. The zero-order chi connectivity index (χ0) is 23.5. The summed E-state index contributed by atoms with van der Waals surface area (Å²) in [6, 6.07) is 12.7. The van der Waals surface area contributed by atoms with Crippen molar-refractivity contribution in [2.75, 3.05) is 5.73 Å². The molecule has 2 aliphatic rings. The Morgan fingerprint density at radius 2 is 1.64 bits per heavy atom. The van der Waals surface area contributed by atoms with E-state index in [2.05, 4.69) is 18.7 Å². The van der Waals surface area contributed by atoms with E-state index in [0.29, 0.717) is 46.2 Å². The van der Waals surface area contributed by atoms with Crippen molar-refractivity contribution in [3.8, 4) is 22.5 Å². The molecule has 2 aromatic carbocycles. The average Bonchev–Trinajstić information content (AvgIpc) is 2.81. The van der Waals surface area contributed by atoms with Gasteiger partial charge < -0.3 is 15.3 Å². The van der Waals surface area contributed by atoms with Crippen LogP contribution in [-0.4, -0.2) is 21.6 Å². The highest BCUT2D eigenvalue weighted by molar-refractivity contribution is 7.95. The molecule has 170 valence electrons. The number of carbonyl (C=O) groups is 1. The third-order valence-electron chi connectivity index (χ3n) is 4.72. The first-order valence-corrected chi connectivity index (χ1v) is 10.4. The molecule has 6 N–H and O–H groups in total. The van der Waals surface area contributed by atoms with E-state index in [1.165, 1.54) is 12.1 Å². The van der Waals surface area contributed by atoms with Crippen molar-refractivity contribution in [2.45, 2.75) is 9.79 Å². The Labute approximate surface area is 193 Å². The summed E-state index contributed by atoms with van der Waals surface area (Å²) in [7, 11) is 0. The lowest BCUT2D eigenvalue weighted by molar-refractivity contribution is -0.432. The number of rotatable bonds is 8. The Balaban J connectivity index is 2.18. The van der Waals surface area contributed by atoms with E-state index in [0.717, 1.165) is 0 Å². The van der Waals surface area contributed by atoms with E-state index in [9.17, 15) is 9.90 Å². The minimum atomic E-state index is -1.14. The van der Waals surface area contributed by atoms with Crippen molar-refractivity contribution in [3.05, 3.63) is 59.5 Å². The molecule has 0 radical (unpaired) electrons. The first-order valence-electron chi connectivity index (χ1n) is 8.96. The molecule has 0 unspecified atom stereocenters. The Morgan fingerprint density at radius 3 is 2.33 bits per heavy atom. The lowest BCUT2D eigenvalue weighted by Crippen LogP contribution is -2.08. The van der Waals surface area contributed by atoms with Crippen LogP contribution >= 0.6 is 24.1 Å². The SMILES string of the molecule is N=c1ccc2c(-c3ccccc3C(=O)O)c3ccc(N)c(SOOO)c3oc-2c1SOOO. The lowest BCUT2D eigenvalue weighted by Gasteiger charge is -2.20. The maximum Gasteiger partial charge on any atom is 0.336 e. The topological polar surface area (TPSA) is 178 Å². The fourth-order valence-corrected chi connectivity index (χ4v) is 4.40. The predicted molar refractivity (Wildman–Crippen MR) is 117 cm³/mol. The monoisotopic (exact) mass is 490 g/mol. The zero-order valence-corrected chi connectivity index (χ0v) is 17.9. The number of carboxylic acid groups (broad SMARTS) is 1. The molecular formula is C20H14N2O9S2. The molecular weight excluding hydrogens is 476 g/mol. The second-order valence-corrected chi connectivity index (χ2v) is 7.88. The molecule has 0 bridgehead atoms. The van der Waals surface area contributed by atoms with Crippen LogP contribution in [0.4, 0.5) is 5.69 Å². The van der Waals surface area contributed by atoms with Crippen LogP contribution in [0, 0.1) is 5.41 Å². The number of anilines is 1. The van der Waals surface area contributed by atoms with Crippen LogP contribution in [0.2, 0.25) is 0 Å². The van der Waals surface area contributed by atoms with Gasteiger partial charge in [-0.25, -0.2) is 15.3 Å². The largest absolute Gasteiger partial charge is 0.478 e. The van der Waals surface area contributed by atoms with Crippen LogP contribution in [0.3, 0.4) is 0 Å². The summed E-state index contributed by atoms with van der Waals surface area (Å²) in [5.41, 5.74) is 7.80. The van der Waals surface area contributed by atoms with Crippen LogP contribution in [-0.2, 0) is 18.7 Å². The molecule has 0 amide bonds. The van der Waals surface area contributed by atoms with E-state index in [1.807, 2.05) is 0 Å². The molecule has 0 fully saturated rings. The minimum absolute atomic E-state index is 0.0156. The van der Waals surface area contributed by atoms with Crippen molar-refractivity contribution >= 4 is 46.7 Å². The van der Waals surface area contributed by atoms with Gasteiger partial charge in [-0.2, -0.15) is 0 Å².